The molecule has 0 saturated heterocycles. The molecule has 32 valence electrons. The van der Waals surface area contributed by atoms with Gasteiger partial charge in [0.1, 0.15) is 0 Å². The van der Waals surface area contributed by atoms with Crippen LogP contribution in [-0.4, -0.2) is 24.4 Å². The van der Waals surface area contributed by atoms with Crippen molar-refractivity contribution in [1.82, 2.24) is 0 Å². The molecule has 0 N–H and O–H groups in total. The second-order valence-electron chi connectivity index (χ2n) is 0. The molecule has 0 bridgehead atoms. The third-order valence-corrected chi connectivity index (χ3v) is 0. The minimum Gasteiger partial charge on any atom is -0.512 e. The second kappa shape index (κ2) is 192. The fourth-order valence-corrected chi connectivity index (χ4v) is 0. The maximum Gasteiger partial charge on any atom is 3.00 e. The molecule has 3 nitrogen and oxygen atoms in total. The Morgan fingerprint density at radius 3 is 0.571 bits per heavy atom. The molecule has 0 aliphatic heterocycles. The Morgan fingerprint density at radius 1 is 0.571 bits per heavy atom. The van der Waals surface area contributed by atoms with Crippen LogP contribution in [-0.2, 0) is 0 Å². The van der Waals surface area contributed by atoms with E-state index in [2.05, 4.69) is 0 Å². The van der Waals surface area contributed by atoms with Crippen LogP contribution in [0, 0.1) is 35.5 Å². The van der Waals surface area contributed by atoms with Crippen LogP contribution in [0.4, 0.5) is 0 Å². The van der Waals surface area contributed by atoms with E-state index in [1.54, 1.807) is 0 Å². The van der Waals surface area contributed by atoms with Crippen molar-refractivity contribution in [2.75, 3.05) is 0 Å². The van der Waals surface area contributed by atoms with Crippen LogP contribution >= 0.6 is 0 Å². The van der Waals surface area contributed by atoms with Gasteiger partial charge in [0.05, 0.1) is 0 Å². The molecule has 7 heavy (non-hydrogen) atoms. The van der Waals surface area contributed by atoms with E-state index < -0.39 is 0 Å². The maximum atomic E-state index is 6.25. The van der Waals surface area contributed by atoms with E-state index in [4.69, 9.17) is 35.5 Å². The zero-order chi connectivity index (χ0) is 6.00. The van der Waals surface area contributed by atoms with Gasteiger partial charge in [-0.05, 0) is 0 Å². The Kier molecular flexibility index (Phi) is 921. The number of rotatable bonds is 0. The molecule has 0 aliphatic rings. The largest absolute Gasteiger partial charge is 3.00 e. The molecule has 0 heterocycles. The van der Waals surface area contributed by atoms with Crippen molar-refractivity contribution in [3.05, 3.63) is 19.7 Å². The van der Waals surface area contributed by atoms with Crippen LogP contribution in [0.15, 0.2) is 0 Å². The molecule has 0 unspecified atom stereocenters. The summed E-state index contributed by atoms with van der Waals surface area (Å²) in [6, 6.07) is 0. The number of hydrogen-bond acceptors (Lipinski definition) is 3. The van der Waals surface area contributed by atoms with Crippen molar-refractivity contribution in [1.29, 1.82) is 15.8 Å². The van der Waals surface area contributed by atoms with Crippen LogP contribution in [0.5, 0.6) is 0 Å². The Bertz CT molecular complexity index is 38.7. The Balaban J connectivity index is -0.00000000900. The van der Waals surface area contributed by atoms with E-state index in [0.717, 1.165) is 0 Å². The summed E-state index contributed by atoms with van der Waals surface area (Å²) in [6.45, 7) is 14.2. The third kappa shape index (κ3) is 113. The molecule has 0 aromatic heterocycles. The molecular weight excluding hydrogens is 200 g/mol. The smallest absolute Gasteiger partial charge is 0.512 e. The van der Waals surface area contributed by atoms with Crippen molar-refractivity contribution in [2.24, 2.45) is 0 Å². The molecule has 0 fully saturated rings. The van der Waals surface area contributed by atoms with Crippen LogP contribution in [0.2, 0.25) is 0 Å². The molecule has 0 saturated carbocycles. The first-order chi connectivity index (χ1) is 3.00. The summed E-state index contributed by atoms with van der Waals surface area (Å²) in [5.74, 6) is 0. The third-order valence-electron chi connectivity index (χ3n) is 0. The normalized spacial score (nSPS) is 0.857. The van der Waals surface area contributed by atoms with E-state index in [0.29, 0.717) is 0 Å². The topological polar surface area (TPSA) is 71.4 Å². The van der Waals surface area contributed by atoms with Gasteiger partial charge in [-0.3, -0.25) is 0 Å². The van der Waals surface area contributed by atoms with Gasteiger partial charge in [-0.2, -0.15) is 0 Å². The minimum absolute atomic E-state index is 0. The molecule has 0 spiro atoms. The van der Waals surface area contributed by atoms with E-state index in [1.165, 1.54) is 0 Å². The first kappa shape index (κ1) is 33.6. The molecule has 0 amide bonds. The Labute approximate surface area is 60.2 Å². The summed E-state index contributed by atoms with van der Waals surface area (Å²) < 4.78 is 0. The van der Waals surface area contributed by atoms with E-state index in [1.807, 2.05) is 0 Å². The average Bonchev–Trinajstić information content (AvgIpc) is 1.81. The monoisotopic (exact) mass is 199 g/mol. The predicted molar refractivity (Wildman–Crippen MR) is 20.7 cm³/mol. The van der Waals surface area contributed by atoms with E-state index in [9.17, 15) is 0 Å². The van der Waals surface area contributed by atoms with Crippen molar-refractivity contribution < 1.29 is 0 Å². The van der Waals surface area contributed by atoms with Gasteiger partial charge in [0, 0.05) is 0 Å². The van der Waals surface area contributed by atoms with Gasteiger partial charge < -0.3 is 35.5 Å². The van der Waals surface area contributed by atoms with Gasteiger partial charge >= 0.3 is 24.4 Å². The summed E-state index contributed by atoms with van der Waals surface area (Å²) in [6.07, 6.45) is 0. The number of hydrogen-bond donors (Lipinski definition) is 0. The molecule has 0 atom stereocenters. The summed E-state index contributed by atoms with van der Waals surface area (Å²) in [5.41, 5.74) is 0. The zero-order valence-corrected chi connectivity index (χ0v) is 5.84. The molecule has 0 aromatic carbocycles. The van der Waals surface area contributed by atoms with Crippen LogP contribution in [0.3, 0.4) is 0 Å². The fourth-order valence-electron chi connectivity index (χ4n) is 0. The molecule has 0 aliphatic carbocycles. The van der Waals surface area contributed by atoms with Crippen LogP contribution in [0.25, 0.3) is 0 Å². The van der Waals surface area contributed by atoms with Gasteiger partial charge in [0.2, 0.25) is 0 Å². The SMILES string of the molecule is [C-]#N.[C-]#N.[C-]#N.[Sb+3]. The maximum absolute atomic E-state index is 6.25. The molecule has 0 rings (SSSR count). The first-order valence-electron chi connectivity index (χ1n) is 0.671. The summed E-state index contributed by atoms with van der Waals surface area (Å²) in [4.78, 5) is 0. The molecule has 4 heteroatoms. The molecule has 0 aromatic rings. The van der Waals surface area contributed by atoms with Gasteiger partial charge in [-0.15, -0.1) is 0 Å². The van der Waals surface area contributed by atoms with Crippen LogP contribution in [0.1, 0.15) is 0 Å². The van der Waals surface area contributed by atoms with Crippen molar-refractivity contribution in [2.45, 2.75) is 0 Å². The van der Waals surface area contributed by atoms with Crippen molar-refractivity contribution in [3.63, 3.8) is 0 Å². The van der Waals surface area contributed by atoms with Crippen LogP contribution < -0.4 is 0 Å². The molecule has 2 radical (unpaired) electrons. The first-order valence-corrected chi connectivity index (χ1v) is 0.671. The Hall–Kier alpha value is -0.712. The second-order valence-corrected chi connectivity index (χ2v) is 0. The quantitative estimate of drug-likeness (QED) is 0.405. The average molecular weight is 200 g/mol. The minimum atomic E-state index is 0. The van der Waals surface area contributed by atoms with Gasteiger partial charge in [0.15, 0.2) is 0 Å². The zero-order valence-electron chi connectivity index (χ0n) is 3.29. The van der Waals surface area contributed by atoms with E-state index in [-0.39, 0.29) is 24.4 Å². The van der Waals surface area contributed by atoms with Crippen molar-refractivity contribution in [3.8, 4) is 0 Å². The fraction of sp³-hybridized carbons (Fsp3) is 0. The number of nitrogens with zero attached hydrogens (tertiary/aromatic N) is 3. The van der Waals surface area contributed by atoms with Gasteiger partial charge in [-0.25, -0.2) is 0 Å². The predicted octanol–water partition coefficient (Wildman–Crippen LogP) is -0.0917. The summed E-state index contributed by atoms with van der Waals surface area (Å²) >= 11 is 0. The molecular formula is C3N3Sb. The van der Waals surface area contributed by atoms with Crippen molar-refractivity contribution >= 4 is 24.4 Å². The summed E-state index contributed by atoms with van der Waals surface area (Å²) in [7, 11) is 0. The summed E-state index contributed by atoms with van der Waals surface area (Å²) in [5, 5.41) is 18.8. The Morgan fingerprint density at radius 2 is 0.571 bits per heavy atom. The van der Waals surface area contributed by atoms with E-state index >= 15 is 0 Å². The standard InChI is InChI=1S/3CN.Sb/c3*1-2;/q3*-1;+3. The van der Waals surface area contributed by atoms with Gasteiger partial charge in [-0.1, -0.05) is 0 Å². The van der Waals surface area contributed by atoms with Gasteiger partial charge in [0.25, 0.3) is 0 Å².